The molecule has 0 aromatic rings. The number of fused-ring (bicyclic) bond motifs is 1. The Morgan fingerprint density at radius 2 is 1.94 bits per heavy atom. The van der Waals surface area contributed by atoms with Gasteiger partial charge in [0.05, 0.1) is 24.9 Å². The summed E-state index contributed by atoms with van der Waals surface area (Å²) in [6.07, 6.45) is 4.85. The van der Waals surface area contributed by atoms with Crippen LogP contribution in [0.4, 0.5) is 0 Å². The fourth-order valence-corrected chi connectivity index (χ4v) is 4.68. The third kappa shape index (κ3) is 1.59. The van der Waals surface area contributed by atoms with E-state index in [0.29, 0.717) is 5.92 Å². The van der Waals surface area contributed by atoms with E-state index in [0.717, 1.165) is 38.7 Å². The Hall–Kier alpha value is -0.120. The van der Waals surface area contributed by atoms with E-state index in [9.17, 15) is 10.2 Å². The molecule has 98 valence electrons. The van der Waals surface area contributed by atoms with Crippen LogP contribution in [0.15, 0.2) is 0 Å². The molecule has 0 amide bonds. The van der Waals surface area contributed by atoms with E-state index < -0.39 is 0 Å². The summed E-state index contributed by atoms with van der Waals surface area (Å²) in [6.45, 7) is 5.42. The minimum Gasteiger partial charge on any atom is -0.396 e. The van der Waals surface area contributed by atoms with Crippen LogP contribution in [0, 0.1) is 16.7 Å². The van der Waals surface area contributed by atoms with Crippen molar-refractivity contribution in [1.82, 2.24) is 0 Å². The van der Waals surface area contributed by atoms with Crippen molar-refractivity contribution < 1.29 is 14.9 Å². The zero-order valence-corrected chi connectivity index (χ0v) is 10.9. The maximum Gasteiger partial charge on any atom is 0.0922 e. The van der Waals surface area contributed by atoms with Crippen molar-refractivity contribution in [3.05, 3.63) is 0 Å². The number of hydrogen-bond acceptors (Lipinski definition) is 3. The summed E-state index contributed by atoms with van der Waals surface area (Å²) in [5.41, 5.74) is 0.0961. The highest BCUT2D eigenvalue weighted by Crippen LogP contribution is 2.62. The van der Waals surface area contributed by atoms with Crippen molar-refractivity contribution in [2.24, 2.45) is 16.7 Å². The van der Waals surface area contributed by atoms with Gasteiger partial charge in [0.1, 0.15) is 0 Å². The van der Waals surface area contributed by atoms with Crippen LogP contribution in [0.25, 0.3) is 0 Å². The molecule has 0 aromatic carbocycles. The van der Waals surface area contributed by atoms with Gasteiger partial charge in [-0.05, 0) is 43.4 Å². The van der Waals surface area contributed by atoms with Crippen LogP contribution in [-0.2, 0) is 4.74 Å². The molecule has 1 aliphatic heterocycles. The van der Waals surface area contributed by atoms with Crippen molar-refractivity contribution in [3.63, 3.8) is 0 Å². The third-order valence-electron chi connectivity index (χ3n) is 5.90. The molecule has 1 spiro atoms. The first kappa shape index (κ1) is 11.9. The number of hydrogen-bond donors (Lipinski definition) is 2. The van der Waals surface area contributed by atoms with Gasteiger partial charge in [0.2, 0.25) is 0 Å². The molecule has 0 aromatic heterocycles. The molecule has 3 fully saturated rings. The van der Waals surface area contributed by atoms with Crippen LogP contribution in [0.3, 0.4) is 0 Å². The van der Waals surface area contributed by atoms with Crippen LogP contribution in [-0.4, -0.2) is 35.1 Å². The molecule has 2 aliphatic carbocycles. The fraction of sp³-hybridized carbons (Fsp3) is 1.00. The van der Waals surface area contributed by atoms with E-state index in [4.69, 9.17) is 4.74 Å². The van der Waals surface area contributed by atoms with Crippen molar-refractivity contribution in [2.45, 2.75) is 57.7 Å². The molecule has 3 heteroatoms. The normalized spacial score (nSPS) is 57.9. The molecule has 0 bridgehead atoms. The Labute approximate surface area is 103 Å². The van der Waals surface area contributed by atoms with Gasteiger partial charge in [0, 0.05) is 5.41 Å². The second-order valence-electron chi connectivity index (χ2n) is 7.11. The largest absolute Gasteiger partial charge is 0.396 e. The predicted molar refractivity (Wildman–Crippen MR) is 64.6 cm³/mol. The van der Waals surface area contributed by atoms with E-state index in [2.05, 4.69) is 13.8 Å². The first-order valence-electron chi connectivity index (χ1n) is 6.87. The Morgan fingerprint density at radius 1 is 1.24 bits per heavy atom. The SMILES string of the molecule is C[C@@]12CC[C@@H](O)[C@@](C)(CO)C1CCC1(CO1)C2. The van der Waals surface area contributed by atoms with E-state index in [-0.39, 0.29) is 29.1 Å². The predicted octanol–water partition coefficient (Wildman–Crippen LogP) is 1.72. The van der Waals surface area contributed by atoms with Gasteiger partial charge in [-0.2, -0.15) is 0 Å². The molecule has 1 heterocycles. The number of aliphatic hydroxyl groups is 2. The summed E-state index contributed by atoms with van der Waals surface area (Å²) < 4.78 is 5.65. The number of rotatable bonds is 1. The highest BCUT2D eigenvalue weighted by Gasteiger charge is 2.61. The van der Waals surface area contributed by atoms with Crippen LogP contribution in [0.5, 0.6) is 0 Å². The molecule has 0 radical (unpaired) electrons. The van der Waals surface area contributed by atoms with Crippen LogP contribution in [0.1, 0.15) is 46.0 Å². The third-order valence-corrected chi connectivity index (χ3v) is 5.90. The number of epoxide rings is 1. The summed E-state index contributed by atoms with van der Waals surface area (Å²) in [5.74, 6) is 0.429. The second-order valence-corrected chi connectivity index (χ2v) is 7.11. The molecule has 3 nitrogen and oxygen atoms in total. The second kappa shape index (κ2) is 3.46. The Balaban J connectivity index is 1.90. The lowest BCUT2D eigenvalue weighted by atomic mass is 9.49. The lowest BCUT2D eigenvalue weighted by Gasteiger charge is -2.57. The lowest BCUT2D eigenvalue weighted by Crippen LogP contribution is -2.56. The minimum absolute atomic E-state index is 0.0995. The molecular formula is C14H24O3. The van der Waals surface area contributed by atoms with Gasteiger partial charge in [0.25, 0.3) is 0 Å². The number of aliphatic hydroxyl groups excluding tert-OH is 2. The summed E-state index contributed by atoms with van der Waals surface area (Å²) in [5, 5.41) is 20.0. The van der Waals surface area contributed by atoms with Gasteiger partial charge in [-0.15, -0.1) is 0 Å². The average molecular weight is 240 g/mol. The summed E-state index contributed by atoms with van der Waals surface area (Å²) in [4.78, 5) is 0. The zero-order chi connectivity index (χ0) is 12.3. The molecule has 17 heavy (non-hydrogen) atoms. The Morgan fingerprint density at radius 3 is 2.53 bits per heavy atom. The Bertz CT molecular complexity index is 325. The summed E-state index contributed by atoms with van der Waals surface area (Å²) in [7, 11) is 0. The molecule has 2 N–H and O–H groups in total. The topological polar surface area (TPSA) is 53.0 Å². The Kier molecular flexibility index (Phi) is 2.43. The number of ether oxygens (including phenoxy) is 1. The fourth-order valence-electron chi connectivity index (χ4n) is 4.68. The lowest BCUT2D eigenvalue weighted by molar-refractivity contribution is -0.151. The van der Waals surface area contributed by atoms with Gasteiger partial charge in [0.15, 0.2) is 0 Å². The van der Waals surface area contributed by atoms with E-state index >= 15 is 0 Å². The van der Waals surface area contributed by atoms with Crippen molar-refractivity contribution in [3.8, 4) is 0 Å². The summed E-state index contributed by atoms with van der Waals surface area (Å²) in [6, 6.07) is 0. The first-order chi connectivity index (χ1) is 7.94. The van der Waals surface area contributed by atoms with Crippen molar-refractivity contribution in [1.29, 1.82) is 0 Å². The van der Waals surface area contributed by atoms with Gasteiger partial charge in [-0.1, -0.05) is 13.8 Å². The highest BCUT2D eigenvalue weighted by atomic mass is 16.6. The first-order valence-corrected chi connectivity index (χ1v) is 6.87. The van der Waals surface area contributed by atoms with Gasteiger partial charge in [-0.25, -0.2) is 0 Å². The quantitative estimate of drug-likeness (QED) is 0.686. The molecule has 2 saturated carbocycles. The highest BCUT2D eigenvalue weighted by molar-refractivity contribution is 5.10. The molecular weight excluding hydrogens is 216 g/mol. The summed E-state index contributed by atoms with van der Waals surface area (Å²) >= 11 is 0. The maximum absolute atomic E-state index is 10.2. The molecule has 2 unspecified atom stereocenters. The standard InChI is InChI=1S/C14H24O3/c1-12-5-4-11(16)13(2,8-15)10(12)3-6-14(7-12)9-17-14/h10-11,15-16H,3-9H2,1-2H3/t10?,11-,12+,13+,14?/m1/s1. The molecule has 1 saturated heterocycles. The van der Waals surface area contributed by atoms with Crippen LogP contribution in [0.2, 0.25) is 0 Å². The van der Waals surface area contributed by atoms with Crippen LogP contribution >= 0.6 is 0 Å². The minimum atomic E-state index is -0.347. The molecule has 3 rings (SSSR count). The van der Waals surface area contributed by atoms with Gasteiger partial charge >= 0.3 is 0 Å². The zero-order valence-electron chi connectivity index (χ0n) is 10.9. The average Bonchev–Trinajstić information content (AvgIpc) is 3.03. The van der Waals surface area contributed by atoms with E-state index in [1.54, 1.807) is 0 Å². The van der Waals surface area contributed by atoms with Crippen LogP contribution < -0.4 is 0 Å². The molecule has 5 atom stereocenters. The smallest absolute Gasteiger partial charge is 0.0922 e. The maximum atomic E-state index is 10.2. The van der Waals surface area contributed by atoms with Crippen molar-refractivity contribution in [2.75, 3.05) is 13.2 Å². The van der Waals surface area contributed by atoms with Crippen molar-refractivity contribution >= 4 is 0 Å². The van der Waals surface area contributed by atoms with E-state index in [1.165, 1.54) is 0 Å². The van der Waals surface area contributed by atoms with E-state index in [1.807, 2.05) is 0 Å². The molecule has 3 aliphatic rings. The van der Waals surface area contributed by atoms with Gasteiger partial charge < -0.3 is 14.9 Å². The monoisotopic (exact) mass is 240 g/mol. The van der Waals surface area contributed by atoms with Gasteiger partial charge in [-0.3, -0.25) is 0 Å².